The van der Waals surface area contributed by atoms with Crippen molar-refractivity contribution in [3.63, 3.8) is 0 Å². The number of nitrogens with zero attached hydrogens (tertiary/aromatic N) is 3. The van der Waals surface area contributed by atoms with Crippen LogP contribution in [-0.2, 0) is 0 Å². The van der Waals surface area contributed by atoms with E-state index in [1.54, 1.807) is 24.4 Å². The van der Waals surface area contributed by atoms with E-state index < -0.39 is 0 Å². The highest BCUT2D eigenvalue weighted by molar-refractivity contribution is 6.31. The topological polar surface area (TPSA) is 104 Å². The molecule has 29 heavy (non-hydrogen) atoms. The number of amides is 2. The van der Waals surface area contributed by atoms with E-state index in [4.69, 9.17) is 11.6 Å². The predicted octanol–water partition coefficient (Wildman–Crippen LogP) is 4.12. The maximum absolute atomic E-state index is 12.0. The molecule has 0 atom stereocenters. The Morgan fingerprint density at radius 2 is 1.76 bits per heavy atom. The molecule has 0 fully saturated rings. The van der Waals surface area contributed by atoms with Gasteiger partial charge in [-0.3, -0.25) is 0 Å². The van der Waals surface area contributed by atoms with E-state index in [-0.39, 0.29) is 6.03 Å². The number of aryl methyl sites for hydroxylation is 2. The Bertz CT molecular complexity index is 996. The summed E-state index contributed by atoms with van der Waals surface area (Å²) in [6.45, 7) is 4.82. The van der Waals surface area contributed by atoms with Gasteiger partial charge in [-0.1, -0.05) is 17.7 Å². The molecule has 1 aromatic carbocycles. The number of urea groups is 1. The van der Waals surface area contributed by atoms with E-state index in [9.17, 15) is 4.79 Å². The molecule has 3 rings (SSSR count). The van der Waals surface area contributed by atoms with Crippen molar-refractivity contribution < 1.29 is 4.79 Å². The second-order valence-corrected chi connectivity index (χ2v) is 6.81. The molecule has 0 saturated carbocycles. The van der Waals surface area contributed by atoms with Crippen molar-refractivity contribution in [3.8, 4) is 0 Å². The van der Waals surface area contributed by atoms with Gasteiger partial charge in [-0.15, -0.1) is 0 Å². The smallest absolute Gasteiger partial charge is 0.319 e. The first kappa shape index (κ1) is 20.3. The molecule has 2 amide bonds. The van der Waals surface area contributed by atoms with Crippen LogP contribution in [0, 0.1) is 13.8 Å². The van der Waals surface area contributed by atoms with Crippen LogP contribution < -0.4 is 21.3 Å². The molecule has 9 heteroatoms. The highest BCUT2D eigenvalue weighted by Gasteiger charge is 2.04. The predicted molar refractivity (Wildman–Crippen MR) is 116 cm³/mol. The molecule has 0 saturated heterocycles. The number of pyridine rings is 1. The number of anilines is 4. The SMILES string of the molecule is Cc1ccnc(Nc2cc(NCCNC(=O)Nc3ccc(C)c(Cl)c3)ncn2)c1. The molecular weight excluding hydrogens is 390 g/mol. The second kappa shape index (κ2) is 9.70. The molecule has 0 unspecified atom stereocenters. The maximum Gasteiger partial charge on any atom is 0.319 e. The van der Waals surface area contributed by atoms with Crippen LogP contribution in [0.2, 0.25) is 5.02 Å². The van der Waals surface area contributed by atoms with Crippen molar-refractivity contribution in [2.75, 3.05) is 29.0 Å². The van der Waals surface area contributed by atoms with Crippen LogP contribution >= 0.6 is 11.6 Å². The first-order chi connectivity index (χ1) is 14.0. The average molecular weight is 412 g/mol. The van der Waals surface area contributed by atoms with Gasteiger partial charge in [-0.2, -0.15) is 0 Å². The summed E-state index contributed by atoms with van der Waals surface area (Å²) in [6, 6.07) is 10.7. The van der Waals surface area contributed by atoms with Gasteiger partial charge in [0.25, 0.3) is 0 Å². The quantitative estimate of drug-likeness (QED) is 0.436. The third-order valence-corrected chi connectivity index (χ3v) is 4.39. The van der Waals surface area contributed by atoms with Crippen LogP contribution in [0.5, 0.6) is 0 Å². The molecule has 2 heterocycles. The molecule has 0 aliphatic heterocycles. The van der Waals surface area contributed by atoms with Gasteiger partial charge in [-0.25, -0.2) is 19.7 Å². The number of nitrogens with one attached hydrogen (secondary N) is 4. The number of hydrogen-bond acceptors (Lipinski definition) is 6. The lowest BCUT2D eigenvalue weighted by atomic mass is 10.2. The van der Waals surface area contributed by atoms with Crippen LogP contribution in [0.25, 0.3) is 0 Å². The minimum atomic E-state index is -0.303. The molecule has 0 bridgehead atoms. The Kier molecular flexibility index (Phi) is 6.80. The number of halogens is 1. The van der Waals surface area contributed by atoms with Crippen molar-refractivity contribution >= 4 is 40.8 Å². The molecule has 0 aliphatic rings. The van der Waals surface area contributed by atoms with E-state index in [0.717, 1.165) is 11.1 Å². The summed E-state index contributed by atoms with van der Waals surface area (Å²) in [5, 5.41) is 12.4. The van der Waals surface area contributed by atoms with Crippen molar-refractivity contribution in [3.05, 3.63) is 65.1 Å². The van der Waals surface area contributed by atoms with Gasteiger partial charge in [-0.05, 0) is 49.2 Å². The maximum atomic E-state index is 12.0. The molecule has 150 valence electrons. The zero-order valence-electron chi connectivity index (χ0n) is 16.2. The average Bonchev–Trinajstić information content (AvgIpc) is 2.68. The third-order valence-electron chi connectivity index (χ3n) is 3.99. The zero-order valence-corrected chi connectivity index (χ0v) is 16.9. The first-order valence-electron chi connectivity index (χ1n) is 9.06. The highest BCUT2D eigenvalue weighted by atomic mass is 35.5. The van der Waals surface area contributed by atoms with Crippen LogP contribution in [-0.4, -0.2) is 34.1 Å². The normalized spacial score (nSPS) is 10.3. The Labute approximate surface area is 174 Å². The van der Waals surface area contributed by atoms with Gasteiger partial charge in [0, 0.05) is 36.1 Å². The number of carbonyl (C=O) groups is 1. The van der Waals surface area contributed by atoms with Crippen LogP contribution in [0.1, 0.15) is 11.1 Å². The molecule has 8 nitrogen and oxygen atoms in total. The largest absolute Gasteiger partial charge is 0.368 e. The van der Waals surface area contributed by atoms with E-state index in [1.807, 2.05) is 32.0 Å². The molecule has 4 N–H and O–H groups in total. The first-order valence-corrected chi connectivity index (χ1v) is 9.44. The van der Waals surface area contributed by atoms with Gasteiger partial charge in [0.2, 0.25) is 0 Å². The van der Waals surface area contributed by atoms with Gasteiger partial charge in [0.05, 0.1) is 0 Å². The molecule has 2 aromatic heterocycles. The second-order valence-electron chi connectivity index (χ2n) is 6.40. The zero-order chi connectivity index (χ0) is 20.6. The number of hydrogen-bond donors (Lipinski definition) is 4. The van der Waals surface area contributed by atoms with Crippen molar-refractivity contribution in [1.29, 1.82) is 0 Å². The Balaban J connectivity index is 1.44. The molecular formula is C20H22ClN7O. The Morgan fingerprint density at radius 3 is 2.55 bits per heavy atom. The Hall–Kier alpha value is -3.39. The summed E-state index contributed by atoms with van der Waals surface area (Å²) in [7, 11) is 0. The lowest BCUT2D eigenvalue weighted by Gasteiger charge is -2.10. The van der Waals surface area contributed by atoms with E-state index >= 15 is 0 Å². The molecule has 0 aliphatic carbocycles. The Morgan fingerprint density at radius 1 is 0.966 bits per heavy atom. The number of benzene rings is 1. The van der Waals surface area contributed by atoms with Gasteiger partial charge in [0.1, 0.15) is 23.8 Å². The summed E-state index contributed by atoms with van der Waals surface area (Å²) in [5.41, 5.74) is 2.70. The van der Waals surface area contributed by atoms with Crippen LogP contribution in [0.4, 0.5) is 27.9 Å². The van der Waals surface area contributed by atoms with Crippen molar-refractivity contribution in [2.24, 2.45) is 0 Å². The number of rotatable bonds is 7. The number of carbonyl (C=O) groups excluding carboxylic acids is 1. The fraction of sp³-hybridized carbons (Fsp3) is 0.200. The van der Waals surface area contributed by atoms with Crippen LogP contribution in [0.15, 0.2) is 48.9 Å². The number of aromatic nitrogens is 3. The molecule has 3 aromatic rings. The van der Waals surface area contributed by atoms with Crippen molar-refractivity contribution in [2.45, 2.75) is 13.8 Å². The van der Waals surface area contributed by atoms with Gasteiger partial charge >= 0.3 is 6.03 Å². The van der Waals surface area contributed by atoms with Crippen LogP contribution in [0.3, 0.4) is 0 Å². The standard InChI is InChI=1S/C20H22ClN7O/c1-13-5-6-22-18(9-13)28-19-11-17(25-12-26-19)23-7-8-24-20(29)27-15-4-3-14(2)16(21)10-15/h3-6,9-12H,7-8H2,1-2H3,(H2,24,27,29)(H2,22,23,25,26,28). The van der Waals surface area contributed by atoms with Gasteiger partial charge in [0.15, 0.2) is 0 Å². The lowest BCUT2D eigenvalue weighted by molar-refractivity contribution is 0.252. The third kappa shape index (κ3) is 6.32. The van der Waals surface area contributed by atoms with Crippen molar-refractivity contribution in [1.82, 2.24) is 20.3 Å². The summed E-state index contributed by atoms with van der Waals surface area (Å²) in [4.78, 5) is 24.6. The summed E-state index contributed by atoms with van der Waals surface area (Å²) in [5.74, 6) is 1.98. The molecule has 0 radical (unpaired) electrons. The van der Waals surface area contributed by atoms with E-state index in [0.29, 0.717) is 41.3 Å². The fourth-order valence-corrected chi connectivity index (χ4v) is 2.65. The summed E-state index contributed by atoms with van der Waals surface area (Å²) in [6.07, 6.45) is 3.20. The monoisotopic (exact) mass is 411 g/mol. The van der Waals surface area contributed by atoms with Gasteiger partial charge < -0.3 is 21.3 Å². The van der Waals surface area contributed by atoms with E-state index in [2.05, 4.69) is 36.2 Å². The summed E-state index contributed by atoms with van der Waals surface area (Å²) < 4.78 is 0. The minimum Gasteiger partial charge on any atom is -0.368 e. The summed E-state index contributed by atoms with van der Waals surface area (Å²) >= 11 is 6.06. The highest BCUT2D eigenvalue weighted by Crippen LogP contribution is 2.19. The molecule has 0 spiro atoms. The minimum absolute atomic E-state index is 0.303. The lowest BCUT2D eigenvalue weighted by Crippen LogP contribution is -2.32. The fourth-order valence-electron chi connectivity index (χ4n) is 2.47. The van der Waals surface area contributed by atoms with E-state index in [1.165, 1.54) is 6.33 Å².